The van der Waals surface area contributed by atoms with Gasteiger partial charge in [-0.3, -0.25) is 9.59 Å². The van der Waals surface area contributed by atoms with Crippen LogP contribution in [0.1, 0.15) is 19.4 Å². The smallest absolute Gasteiger partial charge is 0.310 e. The van der Waals surface area contributed by atoms with Crippen molar-refractivity contribution in [2.24, 2.45) is 0 Å². The zero-order chi connectivity index (χ0) is 16.1. The van der Waals surface area contributed by atoms with E-state index in [0.717, 1.165) is 5.39 Å². The number of furan rings is 1. The first-order chi connectivity index (χ1) is 10.5. The second kappa shape index (κ2) is 6.98. The van der Waals surface area contributed by atoms with Crippen molar-refractivity contribution < 1.29 is 23.8 Å². The third-order valence-electron chi connectivity index (χ3n) is 3.45. The molecule has 22 heavy (non-hydrogen) atoms. The van der Waals surface area contributed by atoms with Crippen LogP contribution in [0.25, 0.3) is 11.0 Å². The van der Waals surface area contributed by atoms with Gasteiger partial charge in [-0.2, -0.15) is 0 Å². The highest BCUT2D eigenvalue weighted by atomic mass is 16.5. The molecule has 6 nitrogen and oxygen atoms in total. The number of amides is 1. The van der Waals surface area contributed by atoms with Crippen LogP contribution in [0, 0.1) is 0 Å². The van der Waals surface area contributed by atoms with Crippen molar-refractivity contribution in [1.29, 1.82) is 0 Å². The lowest BCUT2D eigenvalue weighted by molar-refractivity contribution is -0.151. The molecule has 118 valence electrons. The van der Waals surface area contributed by atoms with E-state index in [2.05, 4.69) is 0 Å². The van der Waals surface area contributed by atoms with E-state index in [1.165, 1.54) is 18.4 Å². The molecule has 0 aliphatic rings. The predicted octanol–water partition coefficient (Wildman–Crippen LogP) is 2.09. The Bertz CT molecular complexity index is 672. The number of ether oxygens (including phenoxy) is 1. The number of hydrogen-bond donors (Lipinski definition) is 1. The van der Waals surface area contributed by atoms with E-state index in [1.807, 2.05) is 13.8 Å². The molecule has 6 heteroatoms. The number of hydrogen-bond acceptors (Lipinski definition) is 5. The Balaban J connectivity index is 1.95. The van der Waals surface area contributed by atoms with Crippen molar-refractivity contribution in [1.82, 2.24) is 4.90 Å². The van der Waals surface area contributed by atoms with Crippen LogP contribution >= 0.6 is 0 Å². The van der Waals surface area contributed by atoms with Crippen LogP contribution in [-0.4, -0.2) is 41.6 Å². The maximum atomic E-state index is 11.8. The van der Waals surface area contributed by atoms with Crippen molar-refractivity contribution >= 4 is 22.8 Å². The lowest BCUT2D eigenvalue weighted by Gasteiger charge is -2.18. The summed E-state index contributed by atoms with van der Waals surface area (Å²) in [5.74, 6) is -0.600. The van der Waals surface area contributed by atoms with Gasteiger partial charge < -0.3 is 19.2 Å². The quantitative estimate of drug-likeness (QED) is 0.827. The summed E-state index contributed by atoms with van der Waals surface area (Å²) in [6.45, 7) is 4.66. The molecule has 1 N–H and O–H groups in total. The van der Waals surface area contributed by atoms with E-state index in [0.29, 0.717) is 24.2 Å². The zero-order valence-corrected chi connectivity index (χ0v) is 12.7. The van der Waals surface area contributed by atoms with Gasteiger partial charge in [0.1, 0.15) is 11.3 Å². The Hall–Kier alpha value is -2.50. The molecule has 0 radical (unpaired) electrons. The lowest BCUT2D eigenvalue weighted by atomic mass is 10.1. The molecule has 0 unspecified atom stereocenters. The van der Waals surface area contributed by atoms with Crippen LogP contribution in [0.15, 0.2) is 28.9 Å². The Morgan fingerprint density at radius 1 is 1.27 bits per heavy atom. The van der Waals surface area contributed by atoms with Gasteiger partial charge in [0.15, 0.2) is 6.61 Å². The number of rotatable bonds is 6. The van der Waals surface area contributed by atoms with E-state index in [-0.39, 0.29) is 24.7 Å². The monoisotopic (exact) mass is 305 g/mol. The molecule has 1 heterocycles. The van der Waals surface area contributed by atoms with Crippen LogP contribution in [0.3, 0.4) is 0 Å². The molecule has 0 atom stereocenters. The summed E-state index contributed by atoms with van der Waals surface area (Å²) in [4.78, 5) is 25.2. The van der Waals surface area contributed by atoms with Crippen molar-refractivity contribution in [3.8, 4) is 5.75 Å². The molecule has 0 saturated carbocycles. The molecule has 0 saturated heterocycles. The number of phenols is 1. The second-order valence-electron chi connectivity index (χ2n) is 4.84. The van der Waals surface area contributed by atoms with E-state index in [4.69, 9.17) is 9.15 Å². The molecule has 2 aromatic rings. The number of aromatic hydroxyl groups is 1. The topological polar surface area (TPSA) is 80.0 Å². The molecule has 0 bridgehead atoms. The van der Waals surface area contributed by atoms with Gasteiger partial charge >= 0.3 is 5.97 Å². The minimum absolute atomic E-state index is 0.0172. The fraction of sp³-hybridized carbons (Fsp3) is 0.375. The number of nitrogens with zero attached hydrogens (tertiary/aromatic N) is 1. The van der Waals surface area contributed by atoms with Crippen LogP contribution in [0.4, 0.5) is 0 Å². The normalized spacial score (nSPS) is 10.6. The number of carbonyl (C=O) groups excluding carboxylic acids is 2. The number of esters is 1. The number of benzene rings is 1. The molecule has 1 amide bonds. The first kappa shape index (κ1) is 15.9. The fourth-order valence-electron chi connectivity index (χ4n) is 2.23. The highest BCUT2D eigenvalue weighted by Gasteiger charge is 2.15. The summed E-state index contributed by atoms with van der Waals surface area (Å²) < 4.78 is 10.3. The summed E-state index contributed by atoms with van der Waals surface area (Å²) in [6, 6.07) is 4.68. The minimum atomic E-state index is -0.490. The van der Waals surface area contributed by atoms with Gasteiger partial charge in [0.2, 0.25) is 0 Å². The van der Waals surface area contributed by atoms with Crippen LogP contribution < -0.4 is 0 Å². The summed E-state index contributed by atoms with van der Waals surface area (Å²) >= 11 is 0. The summed E-state index contributed by atoms with van der Waals surface area (Å²) in [5.41, 5.74) is 1.16. The molecule has 1 aromatic heterocycles. The Morgan fingerprint density at radius 3 is 2.68 bits per heavy atom. The maximum absolute atomic E-state index is 11.8. The Morgan fingerprint density at radius 2 is 2.00 bits per heavy atom. The van der Waals surface area contributed by atoms with Gasteiger partial charge in [0.05, 0.1) is 12.7 Å². The van der Waals surface area contributed by atoms with E-state index < -0.39 is 5.97 Å². The minimum Gasteiger partial charge on any atom is -0.508 e. The molecule has 0 fully saturated rings. The second-order valence-corrected chi connectivity index (χ2v) is 4.84. The average Bonchev–Trinajstić information content (AvgIpc) is 2.88. The summed E-state index contributed by atoms with van der Waals surface area (Å²) in [6.07, 6.45) is 1.47. The van der Waals surface area contributed by atoms with Gasteiger partial charge in [-0.05, 0) is 26.0 Å². The lowest BCUT2D eigenvalue weighted by Crippen LogP contribution is -2.34. The van der Waals surface area contributed by atoms with Gasteiger partial charge in [-0.25, -0.2) is 0 Å². The van der Waals surface area contributed by atoms with Gasteiger partial charge in [0.25, 0.3) is 5.91 Å². The first-order valence-corrected chi connectivity index (χ1v) is 7.17. The fourth-order valence-corrected chi connectivity index (χ4v) is 2.23. The molecule has 2 rings (SSSR count). The van der Waals surface area contributed by atoms with Crippen LogP contribution in [-0.2, 0) is 20.7 Å². The molecule has 0 aliphatic heterocycles. The van der Waals surface area contributed by atoms with Crippen molar-refractivity contribution in [2.75, 3.05) is 19.7 Å². The molecule has 1 aromatic carbocycles. The third-order valence-corrected chi connectivity index (χ3v) is 3.45. The molecular formula is C16H19NO5. The standard InChI is InChI=1S/C16H19NO5/c1-3-17(4-2)15(19)10-22-16(20)7-11-9-21-14-8-12(18)5-6-13(11)14/h5-6,8-9,18H,3-4,7,10H2,1-2H3. The van der Waals surface area contributed by atoms with Crippen molar-refractivity contribution in [3.05, 3.63) is 30.0 Å². The predicted molar refractivity (Wildman–Crippen MR) is 80.5 cm³/mol. The van der Waals surface area contributed by atoms with Gasteiger partial charge in [-0.15, -0.1) is 0 Å². The molecule has 0 spiro atoms. The van der Waals surface area contributed by atoms with E-state index in [9.17, 15) is 14.7 Å². The van der Waals surface area contributed by atoms with Crippen LogP contribution in [0.5, 0.6) is 5.75 Å². The van der Waals surface area contributed by atoms with Gasteiger partial charge in [0, 0.05) is 30.1 Å². The maximum Gasteiger partial charge on any atom is 0.310 e. The largest absolute Gasteiger partial charge is 0.508 e. The average molecular weight is 305 g/mol. The highest BCUT2D eigenvalue weighted by Crippen LogP contribution is 2.25. The molecule has 0 aliphatic carbocycles. The Kier molecular flexibility index (Phi) is 5.04. The van der Waals surface area contributed by atoms with E-state index >= 15 is 0 Å². The number of fused-ring (bicyclic) bond motifs is 1. The summed E-state index contributed by atoms with van der Waals surface area (Å²) in [5, 5.41) is 10.1. The first-order valence-electron chi connectivity index (χ1n) is 7.17. The van der Waals surface area contributed by atoms with Gasteiger partial charge in [-0.1, -0.05) is 0 Å². The Labute approximate surface area is 128 Å². The SMILES string of the molecule is CCN(CC)C(=O)COC(=O)Cc1coc2cc(O)ccc12. The summed E-state index contributed by atoms with van der Waals surface area (Å²) in [7, 11) is 0. The van der Waals surface area contributed by atoms with Crippen LogP contribution in [0.2, 0.25) is 0 Å². The number of likely N-dealkylation sites (N-methyl/N-ethyl adjacent to an activating group) is 1. The van der Waals surface area contributed by atoms with E-state index in [1.54, 1.807) is 11.0 Å². The molecular weight excluding hydrogens is 286 g/mol. The van der Waals surface area contributed by atoms with Crippen molar-refractivity contribution in [3.63, 3.8) is 0 Å². The highest BCUT2D eigenvalue weighted by molar-refractivity contribution is 5.87. The third kappa shape index (κ3) is 3.58. The van der Waals surface area contributed by atoms with Crippen molar-refractivity contribution in [2.45, 2.75) is 20.3 Å². The number of carbonyl (C=O) groups is 2. The zero-order valence-electron chi connectivity index (χ0n) is 12.7. The number of phenolic OH excluding ortho intramolecular Hbond substituents is 1.